The second-order valence-corrected chi connectivity index (χ2v) is 7.57. The molecule has 0 spiro atoms. The SMILES string of the molecule is CC(C)SCc1c(-c2ccccc2)ccc(-c2cnc(N)cn2)c1F.Cl. The number of rotatable bonds is 5. The third-order valence-corrected chi connectivity index (χ3v) is 4.96. The van der Waals surface area contributed by atoms with E-state index in [0.29, 0.717) is 33.6 Å². The molecule has 0 fully saturated rings. The van der Waals surface area contributed by atoms with Gasteiger partial charge in [-0.25, -0.2) is 9.37 Å². The summed E-state index contributed by atoms with van der Waals surface area (Å²) in [4.78, 5) is 8.24. The van der Waals surface area contributed by atoms with E-state index >= 15 is 4.39 Å². The van der Waals surface area contributed by atoms with Crippen LogP contribution in [0.25, 0.3) is 22.4 Å². The molecule has 3 nitrogen and oxygen atoms in total. The normalized spacial score (nSPS) is 10.6. The zero-order chi connectivity index (χ0) is 17.8. The standard InChI is InChI=1S/C20H20FN3S.ClH/c1-13(2)25-12-17-15(14-6-4-3-5-7-14)8-9-16(20(17)21)18-10-24-19(22)11-23-18;/h3-11,13H,12H2,1-2H3,(H2,22,24);1H. The van der Waals surface area contributed by atoms with E-state index in [0.717, 1.165) is 11.1 Å². The molecular formula is C20H21ClFN3S. The molecule has 0 aliphatic heterocycles. The van der Waals surface area contributed by atoms with Crippen LogP contribution >= 0.6 is 24.2 Å². The molecule has 1 aromatic heterocycles. The smallest absolute Gasteiger partial charge is 0.141 e. The molecule has 3 rings (SSSR count). The van der Waals surface area contributed by atoms with Crippen molar-refractivity contribution in [2.45, 2.75) is 24.9 Å². The molecule has 0 saturated heterocycles. The van der Waals surface area contributed by atoms with E-state index in [4.69, 9.17) is 5.73 Å². The Morgan fingerprint density at radius 1 is 1.00 bits per heavy atom. The molecule has 0 unspecified atom stereocenters. The van der Waals surface area contributed by atoms with Gasteiger partial charge in [-0.2, -0.15) is 11.8 Å². The minimum Gasteiger partial charge on any atom is -0.382 e. The Morgan fingerprint density at radius 2 is 1.69 bits per heavy atom. The van der Waals surface area contributed by atoms with Crippen LogP contribution in [0.5, 0.6) is 0 Å². The van der Waals surface area contributed by atoms with Gasteiger partial charge in [0.25, 0.3) is 0 Å². The summed E-state index contributed by atoms with van der Waals surface area (Å²) in [6, 6.07) is 13.6. The van der Waals surface area contributed by atoms with E-state index < -0.39 is 0 Å². The van der Waals surface area contributed by atoms with Gasteiger partial charge in [-0.05, 0) is 22.4 Å². The summed E-state index contributed by atoms with van der Waals surface area (Å²) >= 11 is 1.72. The number of hydrogen-bond donors (Lipinski definition) is 1. The Hall–Kier alpha value is -2.11. The highest BCUT2D eigenvalue weighted by atomic mass is 35.5. The predicted octanol–water partition coefficient (Wildman–Crippen LogP) is 5.60. The Bertz CT molecular complexity index is 855. The highest BCUT2D eigenvalue weighted by Crippen LogP contribution is 2.34. The maximum Gasteiger partial charge on any atom is 0.141 e. The second-order valence-electron chi connectivity index (χ2n) is 6.01. The minimum atomic E-state index is -0.242. The van der Waals surface area contributed by atoms with Crippen molar-refractivity contribution in [3.05, 3.63) is 66.2 Å². The lowest BCUT2D eigenvalue weighted by atomic mass is 9.96. The zero-order valence-corrected chi connectivity index (χ0v) is 16.3. The molecule has 0 bridgehead atoms. The molecule has 0 radical (unpaired) electrons. The molecule has 26 heavy (non-hydrogen) atoms. The molecule has 136 valence electrons. The number of hydrogen-bond acceptors (Lipinski definition) is 4. The van der Waals surface area contributed by atoms with Crippen molar-refractivity contribution in [3.63, 3.8) is 0 Å². The van der Waals surface area contributed by atoms with E-state index in [9.17, 15) is 0 Å². The maximum atomic E-state index is 15.3. The van der Waals surface area contributed by atoms with Crippen molar-refractivity contribution >= 4 is 30.0 Å². The van der Waals surface area contributed by atoms with E-state index in [2.05, 4.69) is 23.8 Å². The number of nitrogens with two attached hydrogens (primary N) is 1. The average Bonchev–Trinajstić information content (AvgIpc) is 2.62. The van der Waals surface area contributed by atoms with Crippen LogP contribution in [0.3, 0.4) is 0 Å². The highest BCUT2D eigenvalue weighted by molar-refractivity contribution is 7.99. The molecule has 0 saturated carbocycles. The highest BCUT2D eigenvalue weighted by Gasteiger charge is 2.17. The molecule has 0 aliphatic carbocycles. The van der Waals surface area contributed by atoms with E-state index in [1.807, 2.05) is 36.4 Å². The number of benzene rings is 2. The summed E-state index contributed by atoms with van der Waals surface area (Å²) in [5.41, 5.74) is 9.14. The number of nitrogen functional groups attached to an aromatic ring is 1. The minimum absolute atomic E-state index is 0. The van der Waals surface area contributed by atoms with Gasteiger partial charge in [0, 0.05) is 16.9 Å². The topological polar surface area (TPSA) is 51.8 Å². The van der Waals surface area contributed by atoms with Crippen molar-refractivity contribution in [3.8, 4) is 22.4 Å². The fourth-order valence-electron chi connectivity index (χ4n) is 2.58. The Kier molecular flexibility index (Phi) is 7.00. The third kappa shape index (κ3) is 4.54. The number of aromatic nitrogens is 2. The first-order valence-electron chi connectivity index (χ1n) is 8.12. The van der Waals surface area contributed by atoms with Crippen molar-refractivity contribution in [2.75, 3.05) is 5.73 Å². The van der Waals surface area contributed by atoms with Gasteiger partial charge in [0.05, 0.1) is 18.1 Å². The second kappa shape index (κ2) is 9.01. The van der Waals surface area contributed by atoms with Crippen LogP contribution in [-0.4, -0.2) is 15.2 Å². The van der Waals surface area contributed by atoms with Crippen LogP contribution in [0.4, 0.5) is 10.2 Å². The summed E-state index contributed by atoms with van der Waals surface area (Å²) in [5.74, 6) is 0.679. The zero-order valence-electron chi connectivity index (χ0n) is 14.6. The molecule has 2 N–H and O–H groups in total. The van der Waals surface area contributed by atoms with Gasteiger partial charge in [-0.1, -0.05) is 50.2 Å². The monoisotopic (exact) mass is 389 g/mol. The van der Waals surface area contributed by atoms with Gasteiger partial charge in [0.1, 0.15) is 11.6 Å². The fraction of sp³-hybridized carbons (Fsp3) is 0.200. The number of nitrogens with zero attached hydrogens (tertiary/aromatic N) is 2. The first-order chi connectivity index (χ1) is 12.1. The predicted molar refractivity (Wildman–Crippen MR) is 111 cm³/mol. The summed E-state index contributed by atoms with van der Waals surface area (Å²) in [7, 11) is 0. The van der Waals surface area contributed by atoms with Crippen LogP contribution in [0.2, 0.25) is 0 Å². The number of anilines is 1. The Balaban J connectivity index is 0.00000243. The van der Waals surface area contributed by atoms with Crippen LogP contribution in [0.15, 0.2) is 54.9 Å². The summed E-state index contributed by atoms with van der Waals surface area (Å²) < 4.78 is 15.3. The van der Waals surface area contributed by atoms with Crippen molar-refractivity contribution in [2.24, 2.45) is 0 Å². The molecule has 3 aromatic rings. The average molecular weight is 390 g/mol. The summed E-state index contributed by atoms with van der Waals surface area (Å²) in [5, 5.41) is 0.419. The van der Waals surface area contributed by atoms with Crippen LogP contribution in [-0.2, 0) is 5.75 Å². The number of halogens is 2. The molecule has 0 aliphatic rings. The largest absolute Gasteiger partial charge is 0.382 e. The molecule has 0 amide bonds. The first kappa shape index (κ1) is 20.2. The molecule has 0 atom stereocenters. The molecule has 1 heterocycles. The van der Waals surface area contributed by atoms with Gasteiger partial charge in [-0.3, -0.25) is 4.98 Å². The summed E-state index contributed by atoms with van der Waals surface area (Å²) in [6.07, 6.45) is 2.96. The quantitative estimate of drug-likeness (QED) is 0.617. The van der Waals surface area contributed by atoms with Crippen molar-refractivity contribution in [1.29, 1.82) is 0 Å². The van der Waals surface area contributed by atoms with E-state index in [1.165, 1.54) is 12.4 Å². The van der Waals surface area contributed by atoms with Crippen LogP contribution in [0.1, 0.15) is 19.4 Å². The lowest BCUT2D eigenvalue weighted by Crippen LogP contribution is -2.00. The van der Waals surface area contributed by atoms with Gasteiger partial charge in [0.2, 0.25) is 0 Å². The summed E-state index contributed by atoms with van der Waals surface area (Å²) in [6.45, 7) is 4.22. The molecule has 6 heteroatoms. The van der Waals surface area contributed by atoms with Crippen molar-refractivity contribution in [1.82, 2.24) is 9.97 Å². The van der Waals surface area contributed by atoms with E-state index in [1.54, 1.807) is 17.8 Å². The Labute approximate surface area is 163 Å². The Morgan fingerprint density at radius 3 is 2.31 bits per heavy atom. The molecule has 2 aromatic carbocycles. The van der Waals surface area contributed by atoms with Gasteiger partial charge < -0.3 is 5.73 Å². The lowest BCUT2D eigenvalue weighted by molar-refractivity contribution is 0.621. The third-order valence-electron chi connectivity index (χ3n) is 3.84. The van der Waals surface area contributed by atoms with Crippen molar-refractivity contribution < 1.29 is 4.39 Å². The van der Waals surface area contributed by atoms with E-state index in [-0.39, 0.29) is 18.2 Å². The van der Waals surface area contributed by atoms with Gasteiger partial charge in [-0.15, -0.1) is 12.4 Å². The van der Waals surface area contributed by atoms with Crippen LogP contribution < -0.4 is 5.73 Å². The maximum absolute atomic E-state index is 15.3. The molecular weight excluding hydrogens is 369 g/mol. The first-order valence-corrected chi connectivity index (χ1v) is 9.17. The van der Waals surface area contributed by atoms with Gasteiger partial charge >= 0.3 is 0 Å². The number of thioether (sulfide) groups is 1. The van der Waals surface area contributed by atoms with Gasteiger partial charge in [0.15, 0.2) is 0 Å². The fourth-order valence-corrected chi connectivity index (χ4v) is 3.36. The van der Waals surface area contributed by atoms with Crippen LogP contribution in [0, 0.1) is 5.82 Å². The lowest BCUT2D eigenvalue weighted by Gasteiger charge is -2.15.